The van der Waals surface area contributed by atoms with E-state index in [4.69, 9.17) is 4.74 Å². The van der Waals surface area contributed by atoms with Gasteiger partial charge in [0.2, 0.25) is 11.8 Å². The van der Waals surface area contributed by atoms with E-state index in [1.165, 1.54) is 0 Å². The molecule has 0 saturated carbocycles. The van der Waals surface area contributed by atoms with Crippen LogP contribution < -0.4 is 15.4 Å². The highest BCUT2D eigenvalue weighted by atomic mass is 16.5. The summed E-state index contributed by atoms with van der Waals surface area (Å²) < 4.78 is 8.06. The summed E-state index contributed by atoms with van der Waals surface area (Å²) in [6, 6.07) is 7.28. The molecule has 0 fully saturated rings. The number of hydrogen-bond acceptors (Lipinski definition) is 6. The Balaban J connectivity index is 1.55. The fourth-order valence-corrected chi connectivity index (χ4v) is 4.49. The van der Waals surface area contributed by atoms with Crippen molar-refractivity contribution < 1.29 is 14.3 Å². The number of amides is 2. The maximum absolute atomic E-state index is 13.1. The third-order valence-electron chi connectivity index (χ3n) is 6.38. The highest BCUT2D eigenvalue weighted by Crippen LogP contribution is 2.23. The Labute approximate surface area is 217 Å². The first-order valence-corrected chi connectivity index (χ1v) is 12.9. The van der Waals surface area contributed by atoms with Gasteiger partial charge in [-0.1, -0.05) is 26.0 Å². The Morgan fingerprint density at radius 1 is 1.19 bits per heavy atom. The van der Waals surface area contributed by atoms with Gasteiger partial charge in [-0.15, -0.1) is 0 Å². The van der Waals surface area contributed by atoms with Crippen LogP contribution in [0.4, 0.5) is 0 Å². The summed E-state index contributed by atoms with van der Waals surface area (Å²) in [4.78, 5) is 40.2. The van der Waals surface area contributed by atoms with Gasteiger partial charge in [-0.05, 0) is 37.8 Å². The fourth-order valence-electron chi connectivity index (χ4n) is 4.49. The van der Waals surface area contributed by atoms with Crippen LogP contribution in [-0.2, 0) is 22.7 Å². The zero-order chi connectivity index (χ0) is 26.2. The first-order chi connectivity index (χ1) is 17.9. The van der Waals surface area contributed by atoms with Gasteiger partial charge in [0.25, 0.3) is 0 Å². The Morgan fingerprint density at radius 3 is 2.84 bits per heavy atom. The molecule has 37 heavy (non-hydrogen) atoms. The second-order valence-electron chi connectivity index (χ2n) is 9.90. The molecule has 198 valence electrons. The van der Waals surface area contributed by atoms with Crippen LogP contribution in [0.1, 0.15) is 38.1 Å². The van der Waals surface area contributed by atoms with Crippen LogP contribution in [0.15, 0.2) is 43.0 Å². The standard InChI is InChI=1S/C27H37N7O3/c1-19(2)14-23-27(36)29-9-12-34-11-8-28-26(34)21-6-4-7-22(15-21)37-13-5-10-33(17-25(35)32-23)16-24-20(3)30-18-31-24/h4,6-8,11,15,18-19,23H,5,9-10,12-14,16-17H2,1-3H3,(H,29,36)(H,30,31)(H,32,35)/t23-/m1/s1. The summed E-state index contributed by atoms with van der Waals surface area (Å²) in [6.07, 6.45) is 6.61. The number of aromatic amines is 1. The molecule has 0 radical (unpaired) electrons. The highest BCUT2D eigenvalue weighted by molar-refractivity contribution is 5.88. The van der Waals surface area contributed by atoms with E-state index in [1.54, 1.807) is 12.5 Å². The number of aryl methyl sites for hydroxylation is 1. The molecule has 1 aliphatic rings. The predicted molar refractivity (Wildman–Crippen MR) is 141 cm³/mol. The van der Waals surface area contributed by atoms with Crippen molar-refractivity contribution in [2.24, 2.45) is 5.92 Å². The van der Waals surface area contributed by atoms with Gasteiger partial charge in [0.15, 0.2) is 0 Å². The maximum Gasteiger partial charge on any atom is 0.242 e. The van der Waals surface area contributed by atoms with Gasteiger partial charge in [-0.25, -0.2) is 9.97 Å². The highest BCUT2D eigenvalue weighted by Gasteiger charge is 2.23. The smallest absolute Gasteiger partial charge is 0.242 e. The SMILES string of the molecule is Cc1[nH]cnc1CN1CCCOc2cccc(c2)-c2nccn2CCNC(=O)[C@@H](CC(C)C)NC(=O)C1. The number of nitrogens with one attached hydrogen (secondary N) is 3. The van der Waals surface area contributed by atoms with E-state index in [2.05, 4.69) is 25.6 Å². The number of carbonyl (C=O) groups is 2. The summed E-state index contributed by atoms with van der Waals surface area (Å²) >= 11 is 0. The molecule has 10 nitrogen and oxygen atoms in total. The predicted octanol–water partition coefficient (Wildman–Crippen LogP) is 2.51. The molecule has 10 heteroatoms. The minimum atomic E-state index is -0.595. The molecule has 1 aromatic carbocycles. The van der Waals surface area contributed by atoms with E-state index in [9.17, 15) is 9.59 Å². The quantitative estimate of drug-likeness (QED) is 0.500. The van der Waals surface area contributed by atoms with Crippen LogP contribution in [0.5, 0.6) is 5.75 Å². The van der Waals surface area contributed by atoms with E-state index in [0.29, 0.717) is 39.2 Å². The maximum atomic E-state index is 13.1. The van der Waals surface area contributed by atoms with Crippen LogP contribution in [0, 0.1) is 12.8 Å². The van der Waals surface area contributed by atoms with Crippen molar-refractivity contribution in [1.29, 1.82) is 0 Å². The topological polar surface area (TPSA) is 117 Å². The molecule has 0 saturated heterocycles. The summed E-state index contributed by atoms with van der Waals surface area (Å²) in [6.45, 7) is 8.89. The Kier molecular flexibility index (Phi) is 8.95. The largest absolute Gasteiger partial charge is 0.494 e. The fraction of sp³-hybridized carbons (Fsp3) is 0.481. The number of benzene rings is 1. The minimum absolute atomic E-state index is 0.169. The molecule has 2 amide bonds. The normalized spacial score (nSPS) is 18.3. The Bertz CT molecular complexity index is 1190. The second-order valence-corrected chi connectivity index (χ2v) is 9.90. The number of carbonyl (C=O) groups excluding carboxylic acids is 2. The summed E-state index contributed by atoms with van der Waals surface area (Å²) in [5, 5.41) is 5.98. The number of hydrogen-bond donors (Lipinski definition) is 3. The van der Waals surface area contributed by atoms with Gasteiger partial charge < -0.3 is 24.9 Å². The molecule has 2 aromatic heterocycles. The molecular weight excluding hydrogens is 470 g/mol. The molecule has 1 atom stereocenters. The Hall–Kier alpha value is -3.66. The van der Waals surface area contributed by atoms with E-state index in [1.807, 2.05) is 60.7 Å². The lowest BCUT2D eigenvalue weighted by atomic mass is 10.0. The lowest BCUT2D eigenvalue weighted by Gasteiger charge is -2.25. The summed E-state index contributed by atoms with van der Waals surface area (Å²) in [5.41, 5.74) is 2.83. The number of rotatable bonds is 4. The molecular formula is C27H37N7O3. The minimum Gasteiger partial charge on any atom is -0.494 e. The monoisotopic (exact) mass is 507 g/mol. The van der Waals surface area contributed by atoms with Crippen molar-refractivity contribution in [3.8, 4) is 17.1 Å². The number of aromatic nitrogens is 4. The van der Waals surface area contributed by atoms with Gasteiger partial charge in [0.05, 0.1) is 25.2 Å². The number of nitrogens with zero attached hydrogens (tertiary/aromatic N) is 4. The van der Waals surface area contributed by atoms with Crippen molar-refractivity contribution in [3.05, 3.63) is 54.4 Å². The molecule has 3 aromatic rings. The first-order valence-electron chi connectivity index (χ1n) is 12.9. The molecule has 2 bridgehead atoms. The zero-order valence-electron chi connectivity index (χ0n) is 21.9. The molecule has 4 rings (SSSR count). The lowest BCUT2D eigenvalue weighted by Crippen LogP contribution is -2.50. The zero-order valence-corrected chi connectivity index (χ0v) is 21.9. The Morgan fingerprint density at radius 2 is 2.05 bits per heavy atom. The van der Waals surface area contributed by atoms with Crippen LogP contribution in [0.2, 0.25) is 0 Å². The van der Waals surface area contributed by atoms with Gasteiger partial charge >= 0.3 is 0 Å². The number of imidazole rings is 2. The molecule has 1 aliphatic heterocycles. The average Bonchev–Trinajstić information content (AvgIpc) is 3.49. The molecule has 3 N–H and O–H groups in total. The van der Waals surface area contributed by atoms with Crippen molar-refractivity contribution >= 4 is 11.8 Å². The molecule has 3 heterocycles. The summed E-state index contributed by atoms with van der Waals surface area (Å²) in [5.74, 6) is 1.48. The number of fused-ring (bicyclic) bond motifs is 4. The number of H-pyrrole nitrogens is 1. The second kappa shape index (κ2) is 12.5. The van der Waals surface area contributed by atoms with Crippen LogP contribution >= 0.6 is 0 Å². The molecule has 0 spiro atoms. The van der Waals surface area contributed by atoms with Crippen molar-refractivity contribution in [3.63, 3.8) is 0 Å². The third-order valence-corrected chi connectivity index (χ3v) is 6.38. The van der Waals surface area contributed by atoms with Crippen LogP contribution in [-0.4, -0.2) is 68.5 Å². The summed E-state index contributed by atoms with van der Waals surface area (Å²) in [7, 11) is 0. The first kappa shape index (κ1) is 26.4. The van der Waals surface area contributed by atoms with E-state index >= 15 is 0 Å². The van der Waals surface area contributed by atoms with Gasteiger partial charge in [-0.3, -0.25) is 14.5 Å². The lowest BCUT2D eigenvalue weighted by molar-refractivity contribution is -0.130. The van der Waals surface area contributed by atoms with Crippen molar-refractivity contribution in [2.75, 3.05) is 26.2 Å². The van der Waals surface area contributed by atoms with Crippen molar-refractivity contribution in [1.82, 2.24) is 35.1 Å². The molecule has 0 unspecified atom stereocenters. The third kappa shape index (κ3) is 7.42. The molecule has 0 aliphatic carbocycles. The van der Waals surface area contributed by atoms with Gasteiger partial charge in [-0.2, -0.15) is 0 Å². The van der Waals surface area contributed by atoms with E-state index < -0.39 is 6.04 Å². The van der Waals surface area contributed by atoms with Crippen LogP contribution in [0.25, 0.3) is 11.4 Å². The van der Waals surface area contributed by atoms with Crippen LogP contribution in [0.3, 0.4) is 0 Å². The van der Waals surface area contributed by atoms with E-state index in [-0.39, 0.29) is 24.3 Å². The van der Waals surface area contributed by atoms with Gasteiger partial charge in [0, 0.05) is 49.8 Å². The van der Waals surface area contributed by atoms with E-state index in [0.717, 1.165) is 34.9 Å². The van der Waals surface area contributed by atoms with Crippen molar-refractivity contribution in [2.45, 2.75) is 52.7 Å². The van der Waals surface area contributed by atoms with Gasteiger partial charge in [0.1, 0.15) is 17.6 Å². The average molecular weight is 508 g/mol. The number of ether oxygens (including phenoxy) is 1.